The number of carbonyl (C=O) groups is 1. The molecular weight excluding hydrogens is 322 g/mol. The lowest BCUT2D eigenvalue weighted by Gasteiger charge is -2.10. The highest BCUT2D eigenvalue weighted by Crippen LogP contribution is 2.34. The molecule has 0 saturated carbocycles. The fourth-order valence-corrected chi connectivity index (χ4v) is 1.86. The van der Waals surface area contributed by atoms with E-state index in [1.165, 1.54) is 0 Å². The van der Waals surface area contributed by atoms with Crippen molar-refractivity contribution in [1.82, 2.24) is 0 Å². The second-order valence-electron chi connectivity index (χ2n) is 3.89. The molecule has 110 valence electrons. The van der Waals surface area contributed by atoms with Gasteiger partial charge in [0.25, 0.3) is 5.24 Å². The highest BCUT2D eigenvalue weighted by molar-refractivity contribution is 6.67. The van der Waals surface area contributed by atoms with Gasteiger partial charge in [-0.25, -0.2) is 26.3 Å². The minimum Gasteiger partial charge on any atom is -0.275 e. The van der Waals surface area contributed by atoms with Crippen molar-refractivity contribution in [2.45, 2.75) is 0 Å². The van der Waals surface area contributed by atoms with Crippen LogP contribution in [0.25, 0.3) is 11.1 Å². The van der Waals surface area contributed by atoms with Crippen molar-refractivity contribution in [3.8, 4) is 11.1 Å². The Hall–Kier alpha value is -2.02. The Morgan fingerprint density at radius 1 is 0.762 bits per heavy atom. The molecule has 0 aromatic heterocycles. The number of hydrogen-bond acceptors (Lipinski definition) is 1. The lowest BCUT2D eigenvalue weighted by atomic mass is 10.0. The quantitative estimate of drug-likeness (QED) is 0.342. The van der Waals surface area contributed by atoms with Crippen LogP contribution in [-0.2, 0) is 0 Å². The molecule has 0 amide bonds. The van der Waals surface area contributed by atoms with Crippen LogP contribution in [0.4, 0.5) is 26.3 Å². The maximum Gasteiger partial charge on any atom is 0.255 e. The Bertz CT molecular complexity index is 730. The van der Waals surface area contributed by atoms with E-state index in [0.717, 1.165) is 18.2 Å². The van der Waals surface area contributed by atoms with Crippen LogP contribution in [0.1, 0.15) is 10.4 Å². The number of rotatable bonds is 2. The van der Waals surface area contributed by atoms with Gasteiger partial charge in [0.05, 0.1) is 11.1 Å². The third-order valence-electron chi connectivity index (χ3n) is 2.69. The first-order valence-corrected chi connectivity index (χ1v) is 5.65. The van der Waals surface area contributed by atoms with Crippen molar-refractivity contribution in [1.29, 1.82) is 0 Å². The van der Waals surface area contributed by atoms with Crippen LogP contribution in [0.5, 0.6) is 0 Å². The molecular formula is C13H3ClF6O. The molecule has 2 aromatic rings. The van der Waals surface area contributed by atoms with Gasteiger partial charge in [0.1, 0.15) is 5.82 Å². The standard InChI is InChI=1S/C13H3ClF6O/c14-13(21)5-3-1-2-4(7(5)15)6-8(16)10(18)12(20)11(19)9(6)17/h1-3H. The molecule has 0 aliphatic rings. The highest BCUT2D eigenvalue weighted by atomic mass is 35.5. The fraction of sp³-hybridized carbons (Fsp3) is 0. The Kier molecular flexibility index (Phi) is 3.95. The van der Waals surface area contributed by atoms with Crippen molar-refractivity contribution in [2.75, 3.05) is 0 Å². The molecule has 0 saturated heterocycles. The maximum atomic E-state index is 14.0. The SMILES string of the molecule is O=C(Cl)c1cccc(-c2c(F)c(F)c(F)c(F)c2F)c1F. The van der Waals surface area contributed by atoms with Crippen molar-refractivity contribution in [2.24, 2.45) is 0 Å². The maximum absolute atomic E-state index is 14.0. The summed E-state index contributed by atoms with van der Waals surface area (Å²) in [6.07, 6.45) is 0. The molecule has 0 aliphatic heterocycles. The molecule has 0 heterocycles. The van der Waals surface area contributed by atoms with Crippen LogP contribution in [0.15, 0.2) is 18.2 Å². The van der Waals surface area contributed by atoms with Crippen molar-refractivity contribution in [3.63, 3.8) is 0 Å². The molecule has 8 heteroatoms. The van der Waals surface area contributed by atoms with E-state index in [0.29, 0.717) is 0 Å². The summed E-state index contributed by atoms with van der Waals surface area (Å²) in [6.45, 7) is 0. The van der Waals surface area contributed by atoms with Gasteiger partial charge in [-0.05, 0) is 17.7 Å². The third kappa shape index (κ3) is 2.37. The summed E-state index contributed by atoms with van der Waals surface area (Å²) in [6, 6.07) is 2.66. The molecule has 2 rings (SSSR count). The minimum atomic E-state index is -2.36. The lowest BCUT2D eigenvalue weighted by molar-refractivity contribution is 0.107. The molecule has 0 bridgehead atoms. The van der Waals surface area contributed by atoms with Crippen LogP contribution in [0, 0.1) is 34.9 Å². The van der Waals surface area contributed by atoms with Gasteiger partial charge in [-0.2, -0.15) is 0 Å². The first-order chi connectivity index (χ1) is 9.77. The van der Waals surface area contributed by atoms with Crippen molar-refractivity contribution < 1.29 is 31.1 Å². The van der Waals surface area contributed by atoms with Gasteiger partial charge in [0.2, 0.25) is 5.82 Å². The van der Waals surface area contributed by atoms with E-state index in [2.05, 4.69) is 0 Å². The molecule has 0 atom stereocenters. The predicted octanol–water partition coefficient (Wildman–Crippen LogP) is 4.57. The zero-order valence-corrected chi connectivity index (χ0v) is 10.5. The van der Waals surface area contributed by atoms with Gasteiger partial charge in [-0.1, -0.05) is 12.1 Å². The summed E-state index contributed by atoms with van der Waals surface area (Å²) in [4.78, 5) is 10.9. The zero-order valence-electron chi connectivity index (χ0n) is 9.79. The van der Waals surface area contributed by atoms with E-state index in [1.807, 2.05) is 0 Å². The predicted molar refractivity (Wildman–Crippen MR) is 61.8 cm³/mol. The summed E-state index contributed by atoms with van der Waals surface area (Å²) >= 11 is 5.06. The molecule has 0 fully saturated rings. The van der Waals surface area contributed by atoms with E-state index in [1.54, 1.807) is 0 Å². The van der Waals surface area contributed by atoms with Gasteiger partial charge in [-0.15, -0.1) is 0 Å². The summed E-state index contributed by atoms with van der Waals surface area (Å²) in [5.74, 6) is -12.7. The lowest BCUT2D eigenvalue weighted by Crippen LogP contribution is -2.06. The zero-order chi connectivity index (χ0) is 15.9. The number of hydrogen-bond donors (Lipinski definition) is 0. The third-order valence-corrected chi connectivity index (χ3v) is 2.89. The number of benzene rings is 2. The molecule has 0 unspecified atom stereocenters. The van der Waals surface area contributed by atoms with Crippen molar-refractivity contribution >= 4 is 16.8 Å². The smallest absolute Gasteiger partial charge is 0.255 e. The van der Waals surface area contributed by atoms with Crippen LogP contribution in [0.3, 0.4) is 0 Å². The summed E-state index contributed by atoms with van der Waals surface area (Å²) in [7, 11) is 0. The Balaban J connectivity index is 2.86. The van der Waals surface area contributed by atoms with Gasteiger partial charge in [0, 0.05) is 5.56 Å². The van der Waals surface area contributed by atoms with E-state index < -0.39 is 56.8 Å². The minimum absolute atomic E-state index is 0.752. The van der Waals surface area contributed by atoms with Gasteiger partial charge in [0.15, 0.2) is 23.3 Å². The molecule has 0 N–H and O–H groups in total. The van der Waals surface area contributed by atoms with E-state index in [-0.39, 0.29) is 0 Å². The molecule has 0 aliphatic carbocycles. The van der Waals surface area contributed by atoms with Crippen LogP contribution in [0.2, 0.25) is 0 Å². The van der Waals surface area contributed by atoms with Gasteiger partial charge in [-0.3, -0.25) is 4.79 Å². The second kappa shape index (κ2) is 5.40. The van der Waals surface area contributed by atoms with Gasteiger partial charge < -0.3 is 0 Å². The molecule has 0 radical (unpaired) electrons. The van der Waals surface area contributed by atoms with Crippen LogP contribution < -0.4 is 0 Å². The molecule has 2 aromatic carbocycles. The fourth-order valence-electron chi connectivity index (χ4n) is 1.72. The van der Waals surface area contributed by atoms with Crippen LogP contribution in [-0.4, -0.2) is 5.24 Å². The highest BCUT2D eigenvalue weighted by Gasteiger charge is 2.29. The molecule has 1 nitrogen and oxygen atoms in total. The average Bonchev–Trinajstić information content (AvgIpc) is 2.44. The normalized spacial score (nSPS) is 10.8. The number of carbonyl (C=O) groups excluding carboxylic acids is 1. The van der Waals surface area contributed by atoms with Crippen molar-refractivity contribution in [3.05, 3.63) is 58.7 Å². The summed E-state index contributed by atoms with van der Waals surface area (Å²) in [5, 5.41) is -1.28. The topological polar surface area (TPSA) is 17.1 Å². The monoisotopic (exact) mass is 324 g/mol. The molecule has 21 heavy (non-hydrogen) atoms. The summed E-state index contributed by atoms with van der Waals surface area (Å²) in [5.41, 5.74) is -3.18. The largest absolute Gasteiger partial charge is 0.275 e. The molecule has 0 spiro atoms. The first-order valence-electron chi connectivity index (χ1n) is 5.27. The van der Waals surface area contributed by atoms with E-state index in [4.69, 9.17) is 11.6 Å². The second-order valence-corrected chi connectivity index (χ2v) is 4.23. The Labute approximate surface area is 118 Å². The summed E-state index contributed by atoms with van der Waals surface area (Å²) < 4.78 is 80.3. The van der Waals surface area contributed by atoms with Gasteiger partial charge >= 0.3 is 0 Å². The Morgan fingerprint density at radius 3 is 1.71 bits per heavy atom. The number of halogens is 7. The van der Waals surface area contributed by atoms with E-state index >= 15 is 0 Å². The Morgan fingerprint density at radius 2 is 1.24 bits per heavy atom. The average molecular weight is 325 g/mol. The van der Waals surface area contributed by atoms with Crippen LogP contribution >= 0.6 is 11.6 Å². The first kappa shape index (κ1) is 15.4. The van der Waals surface area contributed by atoms with E-state index in [9.17, 15) is 31.1 Å².